The Labute approximate surface area is 92.6 Å². The van der Waals surface area contributed by atoms with Crippen LogP contribution in [0.4, 0.5) is 19.0 Å². The zero-order valence-electron chi connectivity index (χ0n) is 8.08. The van der Waals surface area contributed by atoms with Crippen molar-refractivity contribution in [1.82, 2.24) is 4.98 Å². The molecule has 0 saturated carbocycles. The number of nitrogens with zero attached hydrogens (tertiary/aromatic N) is 2. The molecule has 0 saturated heterocycles. The van der Waals surface area contributed by atoms with E-state index in [1.807, 2.05) is 0 Å². The number of carbonyl (C=O) groups is 1. The van der Waals surface area contributed by atoms with E-state index in [0.29, 0.717) is 0 Å². The highest BCUT2D eigenvalue weighted by atomic mass is 19.4. The Morgan fingerprint density at radius 2 is 2.12 bits per heavy atom. The Morgan fingerprint density at radius 1 is 1.53 bits per heavy atom. The van der Waals surface area contributed by atoms with Crippen molar-refractivity contribution < 1.29 is 22.7 Å². The molecule has 0 fully saturated rings. The van der Waals surface area contributed by atoms with Gasteiger partial charge in [-0.1, -0.05) is 0 Å². The first-order chi connectivity index (χ1) is 7.74. The van der Waals surface area contributed by atoms with Gasteiger partial charge in [-0.05, 0) is 6.07 Å². The van der Waals surface area contributed by atoms with Crippen LogP contribution in [0.1, 0.15) is 15.9 Å². The summed E-state index contributed by atoms with van der Waals surface area (Å²) in [5.74, 6) is -2.79. The summed E-state index contributed by atoms with van der Waals surface area (Å²) in [5, 5.41) is 8.56. The number of hydrogen-bond acceptors (Lipinski definition) is 5. The number of amides is 1. The Morgan fingerprint density at radius 3 is 2.53 bits per heavy atom. The fourth-order valence-electron chi connectivity index (χ4n) is 0.963. The molecule has 1 amide bonds. The van der Waals surface area contributed by atoms with Gasteiger partial charge < -0.3 is 16.2 Å². The fourth-order valence-corrected chi connectivity index (χ4v) is 0.963. The van der Waals surface area contributed by atoms with E-state index in [1.54, 1.807) is 6.07 Å². The van der Waals surface area contributed by atoms with E-state index in [1.165, 1.54) is 0 Å². The average Bonchev–Trinajstić information content (AvgIpc) is 2.14. The largest absolute Gasteiger partial charge is 0.574 e. The first kappa shape index (κ1) is 12.6. The summed E-state index contributed by atoms with van der Waals surface area (Å²) in [6.45, 7) is 0. The van der Waals surface area contributed by atoms with Crippen molar-refractivity contribution in [2.24, 2.45) is 5.73 Å². The highest BCUT2D eigenvalue weighted by Gasteiger charge is 2.34. The third-order valence-corrected chi connectivity index (χ3v) is 1.62. The van der Waals surface area contributed by atoms with Gasteiger partial charge in [0.25, 0.3) is 5.91 Å². The lowest BCUT2D eigenvalue weighted by Crippen LogP contribution is -2.22. The second kappa shape index (κ2) is 4.17. The number of halogens is 3. The van der Waals surface area contributed by atoms with Gasteiger partial charge in [0.05, 0.1) is 5.56 Å². The second-order valence-electron chi connectivity index (χ2n) is 2.80. The number of nitriles is 1. The van der Waals surface area contributed by atoms with Gasteiger partial charge in [-0.15, -0.1) is 13.2 Å². The molecule has 1 aromatic heterocycles. The number of primary amides is 1. The van der Waals surface area contributed by atoms with Crippen LogP contribution in [-0.4, -0.2) is 17.3 Å². The van der Waals surface area contributed by atoms with Gasteiger partial charge in [0, 0.05) is 0 Å². The van der Waals surface area contributed by atoms with Gasteiger partial charge >= 0.3 is 6.36 Å². The third-order valence-electron chi connectivity index (χ3n) is 1.62. The van der Waals surface area contributed by atoms with Crippen molar-refractivity contribution in [3.8, 4) is 11.9 Å². The Balaban J connectivity index is 3.34. The van der Waals surface area contributed by atoms with Crippen LogP contribution in [0.2, 0.25) is 0 Å². The maximum Gasteiger partial charge on any atom is 0.574 e. The molecule has 0 unspecified atom stereocenters. The molecule has 4 N–H and O–H groups in total. The standard InChI is InChI=1S/C8H5F3N4O2/c9-8(10,11)17-7-4(6(14)16)1-3(2-12)5(13)15-7/h1H,(H2,13,15)(H2,14,16). The second-order valence-corrected chi connectivity index (χ2v) is 2.80. The van der Waals surface area contributed by atoms with E-state index in [0.717, 1.165) is 6.07 Å². The minimum Gasteiger partial charge on any atom is -0.387 e. The van der Waals surface area contributed by atoms with E-state index in [9.17, 15) is 18.0 Å². The Bertz CT molecular complexity index is 507. The summed E-state index contributed by atoms with van der Waals surface area (Å²) in [4.78, 5) is 14.0. The monoisotopic (exact) mass is 246 g/mol. The number of rotatable bonds is 2. The summed E-state index contributed by atoms with van der Waals surface area (Å²) in [7, 11) is 0. The van der Waals surface area contributed by atoms with Crippen molar-refractivity contribution in [3.05, 3.63) is 17.2 Å². The summed E-state index contributed by atoms with van der Waals surface area (Å²) >= 11 is 0. The third kappa shape index (κ3) is 2.97. The number of aromatic nitrogens is 1. The van der Waals surface area contributed by atoms with E-state index >= 15 is 0 Å². The van der Waals surface area contributed by atoms with Gasteiger partial charge in [0.2, 0.25) is 5.88 Å². The van der Waals surface area contributed by atoms with E-state index in [2.05, 4.69) is 9.72 Å². The van der Waals surface area contributed by atoms with Crippen LogP contribution in [0.25, 0.3) is 0 Å². The van der Waals surface area contributed by atoms with Crippen molar-refractivity contribution in [1.29, 1.82) is 5.26 Å². The van der Waals surface area contributed by atoms with Crippen LogP contribution in [0.5, 0.6) is 5.88 Å². The van der Waals surface area contributed by atoms with Crippen molar-refractivity contribution in [3.63, 3.8) is 0 Å². The predicted octanol–water partition coefficient (Wildman–Crippen LogP) is 0.533. The molecule has 0 atom stereocenters. The minimum absolute atomic E-state index is 0.270. The van der Waals surface area contributed by atoms with Crippen molar-refractivity contribution in [2.45, 2.75) is 6.36 Å². The maximum absolute atomic E-state index is 12.0. The first-order valence-electron chi connectivity index (χ1n) is 4.00. The number of carbonyl (C=O) groups excluding carboxylic acids is 1. The molecule has 0 radical (unpaired) electrons. The lowest BCUT2D eigenvalue weighted by Gasteiger charge is -2.11. The molecule has 0 bridgehead atoms. The Kier molecular flexibility index (Phi) is 3.08. The lowest BCUT2D eigenvalue weighted by molar-refractivity contribution is -0.276. The molecule has 9 heteroatoms. The van der Waals surface area contributed by atoms with Crippen molar-refractivity contribution >= 4 is 11.7 Å². The number of ether oxygens (including phenoxy) is 1. The first-order valence-corrected chi connectivity index (χ1v) is 4.00. The SMILES string of the molecule is N#Cc1cc(C(N)=O)c(OC(F)(F)F)nc1N. The fraction of sp³-hybridized carbons (Fsp3) is 0.125. The van der Waals surface area contributed by atoms with E-state index < -0.39 is 29.5 Å². The number of pyridine rings is 1. The van der Waals surface area contributed by atoms with Crippen LogP contribution in [0.3, 0.4) is 0 Å². The molecule has 6 nitrogen and oxygen atoms in total. The maximum atomic E-state index is 12.0. The molecule has 1 heterocycles. The van der Waals surface area contributed by atoms with Gasteiger partial charge in [0.15, 0.2) is 0 Å². The zero-order valence-corrected chi connectivity index (χ0v) is 8.08. The Hall–Kier alpha value is -2.50. The zero-order chi connectivity index (χ0) is 13.2. The van der Waals surface area contributed by atoms with E-state index in [4.69, 9.17) is 16.7 Å². The number of alkyl halides is 3. The smallest absolute Gasteiger partial charge is 0.387 e. The lowest BCUT2D eigenvalue weighted by atomic mass is 10.2. The topological polar surface area (TPSA) is 115 Å². The van der Waals surface area contributed by atoms with Gasteiger partial charge in [0.1, 0.15) is 17.5 Å². The van der Waals surface area contributed by atoms with Gasteiger partial charge in [-0.2, -0.15) is 10.2 Å². The summed E-state index contributed by atoms with van der Waals surface area (Å²) in [6.07, 6.45) is -5.04. The predicted molar refractivity (Wildman–Crippen MR) is 48.6 cm³/mol. The molecular formula is C8H5F3N4O2. The molecule has 0 aliphatic heterocycles. The number of nitrogens with two attached hydrogens (primary N) is 2. The number of anilines is 1. The van der Waals surface area contributed by atoms with Crippen LogP contribution < -0.4 is 16.2 Å². The quantitative estimate of drug-likeness (QED) is 0.789. The minimum atomic E-state index is -5.04. The normalized spacial score (nSPS) is 10.7. The molecule has 0 aliphatic rings. The summed E-state index contributed by atoms with van der Waals surface area (Å²) < 4.78 is 39.4. The highest BCUT2D eigenvalue weighted by molar-refractivity contribution is 5.95. The van der Waals surface area contributed by atoms with Crippen LogP contribution in [0, 0.1) is 11.3 Å². The summed E-state index contributed by atoms with van der Waals surface area (Å²) in [5.41, 5.74) is 9.07. The van der Waals surface area contributed by atoms with Crippen LogP contribution in [-0.2, 0) is 0 Å². The average molecular weight is 246 g/mol. The van der Waals surface area contributed by atoms with Crippen LogP contribution in [0.15, 0.2) is 6.07 Å². The molecule has 0 aliphatic carbocycles. The van der Waals surface area contributed by atoms with Crippen LogP contribution >= 0.6 is 0 Å². The molecule has 17 heavy (non-hydrogen) atoms. The number of nitrogen functional groups attached to an aromatic ring is 1. The van der Waals surface area contributed by atoms with E-state index in [-0.39, 0.29) is 5.56 Å². The molecule has 90 valence electrons. The van der Waals surface area contributed by atoms with Gasteiger partial charge in [-0.3, -0.25) is 4.79 Å². The molecule has 1 rings (SSSR count). The molecule has 0 spiro atoms. The van der Waals surface area contributed by atoms with Crippen molar-refractivity contribution in [2.75, 3.05) is 5.73 Å². The highest BCUT2D eigenvalue weighted by Crippen LogP contribution is 2.26. The summed E-state index contributed by atoms with van der Waals surface area (Å²) in [6, 6.07) is 2.33. The number of hydrogen-bond donors (Lipinski definition) is 2. The molecular weight excluding hydrogens is 241 g/mol. The molecule has 1 aromatic rings. The molecule has 0 aromatic carbocycles. The van der Waals surface area contributed by atoms with Gasteiger partial charge in [-0.25, -0.2) is 0 Å².